The number of piperazine rings is 1. The Labute approximate surface area is 116 Å². The van der Waals surface area contributed by atoms with Crippen LogP contribution in [0.2, 0.25) is 0 Å². The van der Waals surface area contributed by atoms with Crippen LogP contribution in [0.4, 0.5) is 0 Å². The number of carbonyl (C=O) groups is 1. The fourth-order valence-electron chi connectivity index (χ4n) is 2.62. The predicted octanol–water partition coefficient (Wildman–Crippen LogP) is 1.83. The molecule has 3 nitrogen and oxygen atoms in total. The van der Waals surface area contributed by atoms with E-state index in [1.807, 2.05) is 30.3 Å². The Hall–Kier alpha value is -1.19. The molecule has 0 amide bonds. The van der Waals surface area contributed by atoms with Crippen molar-refractivity contribution in [3.63, 3.8) is 0 Å². The van der Waals surface area contributed by atoms with E-state index in [1.165, 1.54) is 13.0 Å². The summed E-state index contributed by atoms with van der Waals surface area (Å²) in [5, 5.41) is 0. The maximum atomic E-state index is 12.0. The number of hydrogen-bond donors (Lipinski definition) is 0. The van der Waals surface area contributed by atoms with Crippen molar-refractivity contribution in [2.24, 2.45) is 0 Å². The molecular weight excluding hydrogens is 236 g/mol. The molecule has 0 aliphatic carbocycles. The molecule has 104 valence electrons. The van der Waals surface area contributed by atoms with Crippen molar-refractivity contribution < 1.29 is 4.79 Å². The van der Waals surface area contributed by atoms with Crippen LogP contribution in [-0.4, -0.2) is 54.9 Å². The number of nitrogens with zero attached hydrogens (tertiary/aromatic N) is 2. The van der Waals surface area contributed by atoms with Gasteiger partial charge < -0.3 is 4.90 Å². The molecule has 1 aliphatic heterocycles. The number of ketones is 1. The van der Waals surface area contributed by atoms with Crippen molar-refractivity contribution in [1.29, 1.82) is 0 Å². The Morgan fingerprint density at radius 1 is 1.05 bits per heavy atom. The minimum Gasteiger partial charge on any atom is -0.301 e. The first-order valence-corrected chi connectivity index (χ1v) is 7.28. The second-order valence-corrected chi connectivity index (χ2v) is 5.32. The summed E-state index contributed by atoms with van der Waals surface area (Å²) in [5.74, 6) is 0.329. The van der Waals surface area contributed by atoms with Crippen LogP contribution < -0.4 is 0 Å². The molecule has 1 aliphatic rings. The van der Waals surface area contributed by atoms with Gasteiger partial charge in [-0.25, -0.2) is 0 Å². The van der Waals surface area contributed by atoms with Gasteiger partial charge in [0.1, 0.15) is 0 Å². The van der Waals surface area contributed by atoms with Gasteiger partial charge in [0.05, 0.1) is 6.54 Å². The highest BCUT2D eigenvalue weighted by molar-refractivity contribution is 5.82. The SMILES string of the molecule is CCCN1CCN(CC(=O)Cc2ccccc2)CC1. The largest absolute Gasteiger partial charge is 0.301 e. The lowest BCUT2D eigenvalue weighted by molar-refractivity contribution is -0.120. The highest BCUT2D eigenvalue weighted by Crippen LogP contribution is 2.05. The summed E-state index contributed by atoms with van der Waals surface area (Å²) in [4.78, 5) is 16.8. The zero-order valence-electron chi connectivity index (χ0n) is 11.8. The Morgan fingerprint density at radius 3 is 2.32 bits per heavy atom. The van der Waals surface area contributed by atoms with Crippen LogP contribution in [0, 0.1) is 0 Å². The monoisotopic (exact) mass is 260 g/mol. The molecule has 0 N–H and O–H groups in total. The molecule has 0 radical (unpaired) electrons. The number of carbonyl (C=O) groups excluding carboxylic acids is 1. The normalized spacial score (nSPS) is 17.5. The second-order valence-electron chi connectivity index (χ2n) is 5.32. The molecule has 2 rings (SSSR count). The average Bonchev–Trinajstić information content (AvgIpc) is 2.42. The third-order valence-electron chi connectivity index (χ3n) is 3.65. The molecule has 0 saturated carbocycles. The molecule has 0 atom stereocenters. The highest BCUT2D eigenvalue weighted by Gasteiger charge is 2.18. The van der Waals surface area contributed by atoms with Gasteiger partial charge in [-0.15, -0.1) is 0 Å². The van der Waals surface area contributed by atoms with Gasteiger partial charge in [-0.3, -0.25) is 9.69 Å². The van der Waals surface area contributed by atoms with E-state index in [-0.39, 0.29) is 0 Å². The number of hydrogen-bond acceptors (Lipinski definition) is 3. The van der Waals surface area contributed by atoms with E-state index >= 15 is 0 Å². The number of rotatable bonds is 6. The molecule has 3 heteroatoms. The van der Waals surface area contributed by atoms with Gasteiger partial charge in [0.2, 0.25) is 0 Å². The van der Waals surface area contributed by atoms with E-state index in [2.05, 4.69) is 16.7 Å². The van der Waals surface area contributed by atoms with E-state index < -0.39 is 0 Å². The van der Waals surface area contributed by atoms with E-state index in [1.54, 1.807) is 0 Å². The fourth-order valence-corrected chi connectivity index (χ4v) is 2.62. The van der Waals surface area contributed by atoms with Crippen molar-refractivity contribution in [2.75, 3.05) is 39.3 Å². The first kappa shape index (κ1) is 14.2. The Kier molecular flexibility index (Phi) is 5.55. The summed E-state index contributed by atoms with van der Waals surface area (Å²) in [6.07, 6.45) is 1.78. The third-order valence-corrected chi connectivity index (χ3v) is 3.65. The zero-order chi connectivity index (χ0) is 13.5. The van der Waals surface area contributed by atoms with Crippen LogP contribution in [0.5, 0.6) is 0 Å². The first-order chi connectivity index (χ1) is 9.28. The summed E-state index contributed by atoms with van der Waals surface area (Å²) in [5.41, 5.74) is 1.12. The first-order valence-electron chi connectivity index (χ1n) is 7.28. The minimum atomic E-state index is 0.329. The predicted molar refractivity (Wildman–Crippen MR) is 78.3 cm³/mol. The third kappa shape index (κ3) is 4.77. The molecule has 0 unspecified atom stereocenters. The maximum absolute atomic E-state index is 12.0. The van der Waals surface area contributed by atoms with Crippen LogP contribution in [0.15, 0.2) is 30.3 Å². The molecule has 1 saturated heterocycles. The minimum absolute atomic E-state index is 0.329. The fraction of sp³-hybridized carbons (Fsp3) is 0.562. The van der Waals surface area contributed by atoms with Crippen molar-refractivity contribution in [3.8, 4) is 0 Å². The molecule has 19 heavy (non-hydrogen) atoms. The lowest BCUT2D eigenvalue weighted by Gasteiger charge is -2.34. The Bertz CT molecular complexity index is 383. The van der Waals surface area contributed by atoms with Gasteiger partial charge in [-0.1, -0.05) is 37.3 Å². The van der Waals surface area contributed by atoms with Gasteiger partial charge >= 0.3 is 0 Å². The van der Waals surface area contributed by atoms with E-state index in [4.69, 9.17) is 0 Å². The van der Waals surface area contributed by atoms with Crippen LogP contribution >= 0.6 is 0 Å². The van der Waals surface area contributed by atoms with Crippen LogP contribution in [0.25, 0.3) is 0 Å². The van der Waals surface area contributed by atoms with Gasteiger partial charge in [0, 0.05) is 32.6 Å². The van der Waals surface area contributed by atoms with Crippen molar-refractivity contribution in [1.82, 2.24) is 9.80 Å². The molecular formula is C16H24N2O. The van der Waals surface area contributed by atoms with Crippen LogP contribution in [0.1, 0.15) is 18.9 Å². The van der Waals surface area contributed by atoms with Gasteiger partial charge in [0.15, 0.2) is 5.78 Å². The van der Waals surface area contributed by atoms with E-state index in [9.17, 15) is 4.79 Å². The summed E-state index contributed by atoms with van der Waals surface area (Å²) in [6, 6.07) is 10.0. The van der Waals surface area contributed by atoms with Crippen molar-refractivity contribution >= 4 is 5.78 Å². The lowest BCUT2D eigenvalue weighted by atomic mass is 10.1. The second kappa shape index (κ2) is 7.41. The molecule has 1 fully saturated rings. The summed E-state index contributed by atoms with van der Waals surface area (Å²) in [7, 11) is 0. The highest BCUT2D eigenvalue weighted by atomic mass is 16.1. The summed E-state index contributed by atoms with van der Waals surface area (Å²) >= 11 is 0. The molecule has 0 aromatic heterocycles. The smallest absolute Gasteiger partial charge is 0.151 e. The van der Waals surface area contributed by atoms with Gasteiger partial charge in [0.25, 0.3) is 0 Å². The molecule has 0 bridgehead atoms. The molecule has 1 aromatic rings. The molecule has 1 heterocycles. The topological polar surface area (TPSA) is 23.6 Å². The summed E-state index contributed by atoms with van der Waals surface area (Å²) < 4.78 is 0. The zero-order valence-corrected chi connectivity index (χ0v) is 11.8. The van der Waals surface area contributed by atoms with E-state index in [0.717, 1.165) is 31.7 Å². The quantitative estimate of drug-likeness (QED) is 0.779. The van der Waals surface area contributed by atoms with Crippen LogP contribution in [-0.2, 0) is 11.2 Å². The Morgan fingerprint density at radius 2 is 1.68 bits per heavy atom. The average molecular weight is 260 g/mol. The van der Waals surface area contributed by atoms with Gasteiger partial charge in [-0.05, 0) is 18.5 Å². The molecule has 0 spiro atoms. The van der Waals surface area contributed by atoms with Gasteiger partial charge in [-0.2, -0.15) is 0 Å². The lowest BCUT2D eigenvalue weighted by Crippen LogP contribution is -2.48. The van der Waals surface area contributed by atoms with Crippen molar-refractivity contribution in [2.45, 2.75) is 19.8 Å². The van der Waals surface area contributed by atoms with Crippen molar-refractivity contribution in [3.05, 3.63) is 35.9 Å². The van der Waals surface area contributed by atoms with Crippen LogP contribution in [0.3, 0.4) is 0 Å². The molecule has 1 aromatic carbocycles. The maximum Gasteiger partial charge on any atom is 0.151 e. The standard InChI is InChI=1S/C16H24N2O/c1-2-8-17-9-11-18(12-10-17)14-16(19)13-15-6-4-3-5-7-15/h3-7H,2,8-14H2,1H3. The number of Topliss-reactive ketones (excluding diaryl/α,β-unsaturated/α-hetero) is 1. The number of benzene rings is 1. The Balaban J connectivity index is 1.72. The summed E-state index contributed by atoms with van der Waals surface area (Å²) in [6.45, 7) is 8.27. The van der Waals surface area contributed by atoms with E-state index in [0.29, 0.717) is 18.7 Å².